The van der Waals surface area contributed by atoms with Crippen LogP contribution in [0.1, 0.15) is 18.4 Å². The van der Waals surface area contributed by atoms with Gasteiger partial charge in [-0.1, -0.05) is 6.07 Å². The van der Waals surface area contributed by atoms with Crippen LogP contribution in [0.2, 0.25) is 0 Å². The van der Waals surface area contributed by atoms with Crippen molar-refractivity contribution in [2.45, 2.75) is 18.9 Å². The van der Waals surface area contributed by atoms with Crippen LogP contribution in [0.15, 0.2) is 64.6 Å². The van der Waals surface area contributed by atoms with Crippen molar-refractivity contribution in [3.8, 4) is 11.3 Å². The maximum Gasteiger partial charge on any atom is 0.181 e. The van der Waals surface area contributed by atoms with Crippen molar-refractivity contribution in [3.63, 3.8) is 0 Å². The lowest BCUT2D eigenvalue weighted by Crippen LogP contribution is -2.42. The van der Waals surface area contributed by atoms with Gasteiger partial charge in [0.2, 0.25) is 0 Å². The number of nitrogens with zero attached hydrogens (tertiary/aromatic N) is 4. The minimum atomic E-state index is 0.696. The third-order valence-corrected chi connectivity index (χ3v) is 6.38. The number of hydrogen-bond donors (Lipinski definition) is 1. The Kier molecular flexibility index (Phi) is 6.69. The van der Waals surface area contributed by atoms with Gasteiger partial charge in [0.25, 0.3) is 0 Å². The summed E-state index contributed by atoms with van der Waals surface area (Å²) in [5, 5.41) is 4.38. The number of rotatable bonds is 6. The molecule has 0 bridgehead atoms. The van der Waals surface area contributed by atoms with Gasteiger partial charge in [-0.3, -0.25) is 5.43 Å². The summed E-state index contributed by atoms with van der Waals surface area (Å²) in [5.74, 6) is 0.755. The molecule has 1 fully saturated rings. The van der Waals surface area contributed by atoms with Crippen LogP contribution in [0.25, 0.3) is 11.3 Å². The molecule has 2 heterocycles. The van der Waals surface area contributed by atoms with Crippen molar-refractivity contribution in [1.82, 2.24) is 9.88 Å². The predicted molar refractivity (Wildman–Crippen MR) is 131 cm³/mol. The van der Waals surface area contributed by atoms with Crippen molar-refractivity contribution in [2.24, 2.45) is 5.10 Å². The van der Waals surface area contributed by atoms with Crippen molar-refractivity contribution in [1.29, 1.82) is 0 Å². The molecule has 2 aromatic carbocycles. The number of hydrazone groups is 1. The van der Waals surface area contributed by atoms with Gasteiger partial charge in [-0.15, -0.1) is 0 Å². The van der Waals surface area contributed by atoms with Gasteiger partial charge in [0.05, 0.1) is 23.8 Å². The van der Waals surface area contributed by atoms with Gasteiger partial charge in [0, 0.05) is 28.3 Å². The first-order valence-electron chi connectivity index (χ1n) is 10.1. The summed E-state index contributed by atoms with van der Waals surface area (Å²) in [4.78, 5) is 8.79. The number of nitrogens with one attached hydrogen (secondary N) is 1. The first-order valence-corrected chi connectivity index (χ1v) is 11.2. The van der Waals surface area contributed by atoms with E-state index in [0.29, 0.717) is 6.04 Å². The van der Waals surface area contributed by atoms with Crippen LogP contribution in [0.3, 0.4) is 0 Å². The molecule has 1 N–H and O–H groups in total. The first kappa shape index (κ1) is 20.9. The Morgan fingerprint density at radius 3 is 2.57 bits per heavy atom. The second-order valence-electron chi connectivity index (χ2n) is 7.71. The predicted octanol–water partition coefficient (Wildman–Crippen LogP) is 4.92. The summed E-state index contributed by atoms with van der Waals surface area (Å²) in [5.41, 5.74) is 7.39. The molecule has 0 unspecified atom stereocenters. The lowest BCUT2D eigenvalue weighted by atomic mass is 10.0. The fourth-order valence-corrected chi connectivity index (χ4v) is 4.61. The van der Waals surface area contributed by atoms with E-state index in [4.69, 9.17) is 4.42 Å². The molecule has 0 saturated carbocycles. The molecule has 0 atom stereocenters. The minimum absolute atomic E-state index is 0.696. The summed E-state index contributed by atoms with van der Waals surface area (Å²) < 4.78 is 6.57. The van der Waals surface area contributed by atoms with E-state index >= 15 is 0 Å². The van der Waals surface area contributed by atoms with Crippen molar-refractivity contribution in [3.05, 3.63) is 64.2 Å². The molecule has 0 amide bonds. The molecule has 7 heteroatoms. The molecule has 1 aliphatic heterocycles. The minimum Gasteiger partial charge on any atom is -0.444 e. The Hall–Kier alpha value is -2.39. The highest BCUT2D eigenvalue weighted by molar-refractivity contribution is 14.1. The smallest absolute Gasteiger partial charge is 0.181 e. The van der Waals surface area contributed by atoms with E-state index in [2.05, 4.69) is 80.2 Å². The van der Waals surface area contributed by atoms with Gasteiger partial charge >= 0.3 is 0 Å². The number of halogens is 1. The van der Waals surface area contributed by atoms with E-state index in [0.717, 1.165) is 35.7 Å². The number of hydrogen-bond acceptors (Lipinski definition) is 6. The summed E-state index contributed by atoms with van der Waals surface area (Å²) in [6.45, 7) is 2.22. The molecule has 1 aromatic heterocycles. The van der Waals surface area contributed by atoms with Gasteiger partial charge < -0.3 is 14.2 Å². The molecule has 3 aromatic rings. The third-order valence-electron chi connectivity index (χ3n) is 5.52. The van der Waals surface area contributed by atoms with E-state index in [1.807, 2.05) is 30.5 Å². The van der Waals surface area contributed by atoms with E-state index in [-0.39, 0.29) is 0 Å². The monoisotopic (exact) mass is 515 g/mol. The normalized spacial score (nSPS) is 15.3. The van der Waals surface area contributed by atoms with Crippen molar-refractivity contribution >= 4 is 40.2 Å². The average Bonchev–Trinajstić information content (AvgIpc) is 3.29. The van der Waals surface area contributed by atoms with Gasteiger partial charge in [-0.25, -0.2) is 4.98 Å². The van der Waals surface area contributed by atoms with Crippen molar-refractivity contribution < 1.29 is 4.42 Å². The molecule has 6 nitrogen and oxygen atoms in total. The van der Waals surface area contributed by atoms with Gasteiger partial charge in [-0.2, -0.15) is 5.10 Å². The Morgan fingerprint density at radius 2 is 1.93 bits per heavy atom. The zero-order valence-corrected chi connectivity index (χ0v) is 19.4. The fourth-order valence-electron chi connectivity index (χ4n) is 3.73. The topological polar surface area (TPSA) is 56.9 Å². The molecule has 0 spiro atoms. The van der Waals surface area contributed by atoms with Crippen LogP contribution in [0.4, 0.5) is 11.4 Å². The Morgan fingerprint density at radius 1 is 1.17 bits per heavy atom. The number of benzene rings is 2. The van der Waals surface area contributed by atoms with E-state index < -0.39 is 0 Å². The van der Waals surface area contributed by atoms with E-state index in [1.54, 1.807) is 6.20 Å². The Balaban J connectivity index is 1.35. The fraction of sp³-hybridized carbons (Fsp3) is 0.304. The van der Waals surface area contributed by atoms with E-state index in [1.165, 1.54) is 28.5 Å². The summed E-state index contributed by atoms with van der Waals surface area (Å²) in [7, 11) is 4.36. The number of piperidine rings is 1. The second-order valence-corrected chi connectivity index (χ2v) is 8.87. The lowest BCUT2D eigenvalue weighted by Gasteiger charge is -2.37. The second kappa shape index (κ2) is 9.61. The zero-order valence-electron chi connectivity index (χ0n) is 17.3. The molecule has 1 aliphatic rings. The number of anilines is 2. The molecule has 156 valence electrons. The number of oxazole rings is 1. The van der Waals surface area contributed by atoms with Crippen LogP contribution in [-0.2, 0) is 0 Å². The van der Waals surface area contributed by atoms with Gasteiger partial charge in [0.15, 0.2) is 12.2 Å². The summed E-state index contributed by atoms with van der Waals surface area (Å²) in [6, 6.07) is 15.1. The molecular weight excluding hydrogens is 489 g/mol. The number of aromatic nitrogens is 1. The molecule has 1 saturated heterocycles. The molecule has 4 rings (SSSR count). The lowest BCUT2D eigenvalue weighted by molar-refractivity contribution is 0.249. The highest BCUT2D eigenvalue weighted by Crippen LogP contribution is 2.27. The van der Waals surface area contributed by atoms with Crippen LogP contribution < -0.4 is 10.3 Å². The van der Waals surface area contributed by atoms with Gasteiger partial charge in [-0.05, 0) is 91.5 Å². The zero-order chi connectivity index (χ0) is 20.9. The van der Waals surface area contributed by atoms with E-state index in [9.17, 15) is 0 Å². The van der Waals surface area contributed by atoms with Crippen LogP contribution >= 0.6 is 22.6 Å². The summed E-state index contributed by atoms with van der Waals surface area (Å²) in [6.07, 6.45) is 7.42. The standard InChI is InChI=1S/C23H26IN5O/c1-28(2)20-9-11-29(12-10-20)22-8-3-17(13-21(22)24)14-26-27-19-6-4-18(5-7-19)23-15-25-16-30-23/h3-8,13-16,20,27H,9-12H2,1-2H3. The van der Waals surface area contributed by atoms with Crippen molar-refractivity contribution in [2.75, 3.05) is 37.5 Å². The third kappa shape index (κ3) is 5.02. The largest absolute Gasteiger partial charge is 0.444 e. The maximum absolute atomic E-state index is 5.31. The average molecular weight is 515 g/mol. The molecular formula is C23H26IN5O. The molecule has 30 heavy (non-hydrogen) atoms. The quantitative estimate of drug-likeness (QED) is 0.287. The van der Waals surface area contributed by atoms with Crippen LogP contribution in [0, 0.1) is 3.57 Å². The van der Waals surface area contributed by atoms with Crippen LogP contribution in [-0.4, -0.2) is 49.3 Å². The first-order chi connectivity index (χ1) is 14.6. The SMILES string of the molecule is CN(C)C1CCN(c2ccc(C=NNc3ccc(-c4cnco4)cc3)cc2I)CC1. The maximum atomic E-state index is 5.31. The Labute approximate surface area is 191 Å². The summed E-state index contributed by atoms with van der Waals surface area (Å²) >= 11 is 2.43. The Bertz CT molecular complexity index is 977. The van der Waals surface area contributed by atoms with Crippen LogP contribution in [0.5, 0.6) is 0 Å². The highest BCUT2D eigenvalue weighted by atomic mass is 127. The van der Waals surface area contributed by atoms with Gasteiger partial charge in [0.1, 0.15) is 0 Å². The molecule has 0 radical (unpaired) electrons. The highest BCUT2D eigenvalue weighted by Gasteiger charge is 2.21. The molecule has 0 aliphatic carbocycles.